The molecular weight excluding hydrogens is 356 g/mol. The third kappa shape index (κ3) is 3.59. The number of pyridine rings is 1. The molecule has 1 saturated heterocycles. The molecule has 2 N–H and O–H groups in total. The van der Waals surface area contributed by atoms with Gasteiger partial charge in [-0.3, -0.25) is 0 Å². The number of rotatable bonds is 3. The maximum atomic E-state index is 12.5. The molecule has 0 saturated carbocycles. The average molecular weight is 376 g/mol. The second-order valence-electron chi connectivity index (χ2n) is 6.64. The minimum Gasteiger partial charge on any atom is -0.478 e. The summed E-state index contributed by atoms with van der Waals surface area (Å²) < 4.78 is 0. The summed E-state index contributed by atoms with van der Waals surface area (Å²) in [6.45, 7) is 2.41. The number of piperazine rings is 1. The number of urea groups is 1. The number of amides is 2. The molecule has 1 fully saturated rings. The zero-order valence-corrected chi connectivity index (χ0v) is 15.2. The Morgan fingerprint density at radius 3 is 2.36 bits per heavy atom. The number of nitrogens with one attached hydrogen (secondary N) is 1. The van der Waals surface area contributed by atoms with Crippen molar-refractivity contribution in [2.45, 2.75) is 0 Å². The van der Waals surface area contributed by atoms with E-state index in [2.05, 4.69) is 27.3 Å². The molecule has 0 spiro atoms. The predicted molar refractivity (Wildman–Crippen MR) is 108 cm³/mol. The highest BCUT2D eigenvalue weighted by molar-refractivity contribution is 6.00. The summed E-state index contributed by atoms with van der Waals surface area (Å²) in [5, 5.41) is 14.2. The van der Waals surface area contributed by atoms with Crippen LogP contribution in [0.3, 0.4) is 0 Å². The first kappa shape index (κ1) is 17.8. The quantitative estimate of drug-likeness (QED) is 0.733. The summed E-state index contributed by atoms with van der Waals surface area (Å²) in [6.07, 6.45) is 1.87. The van der Waals surface area contributed by atoms with Crippen molar-refractivity contribution in [3.05, 3.63) is 66.4 Å². The van der Waals surface area contributed by atoms with Gasteiger partial charge in [-0.25, -0.2) is 14.6 Å². The molecule has 4 rings (SSSR count). The molecule has 28 heavy (non-hydrogen) atoms. The lowest BCUT2D eigenvalue weighted by atomic mass is 10.1. The van der Waals surface area contributed by atoms with Crippen LogP contribution in [0.5, 0.6) is 0 Å². The van der Waals surface area contributed by atoms with Crippen LogP contribution in [0.2, 0.25) is 0 Å². The molecule has 0 aliphatic carbocycles. The van der Waals surface area contributed by atoms with Gasteiger partial charge in [0.25, 0.3) is 0 Å². The molecule has 142 valence electrons. The van der Waals surface area contributed by atoms with Gasteiger partial charge in [0.2, 0.25) is 0 Å². The molecule has 1 aromatic heterocycles. The van der Waals surface area contributed by atoms with Gasteiger partial charge in [-0.2, -0.15) is 0 Å². The van der Waals surface area contributed by atoms with E-state index in [9.17, 15) is 14.7 Å². The summed E-state index contributed by atoms with van der Waals surface area (Å²) >= 11 is 0. The monoisotopic (exact) mass is 376 g/mol. The Bertz CT molecular complexity index is 1030. The maximum absolute atomic E-state index is 12.5. The van der Waals surface area contributed by atoms with Crippen LogP contribution in [0.25, 0.3) is 10.8 Å². The highest BCUT2D eigenvalue weighted by Crippen LogP contribution is 2.21. The number of fused-ring (bicyclic) bond motifs is 1. The number of aromatic nitrogens is 1. The number of aromatic carboxylic acids is 1. The molecular formula is C21H20N4O3. The van der Waals surface area contributed by atoms with Crippen molar-refractivity contribution in [3.63, 3.8) is 0 Å². The third-order valence-corrected chi connectivity index (χ3v) is 4.91. The summed E-state index contributed by atoms with van der Waals surface area (Å²) in [5.74, 6) is -0.168. The number of para-hydroxylation sites is 1. The van der Waals surface area contributed by atoms with Crippen LogP contribution < -0.4 is 10.2 Å². The van der Waals surface area contributed by atoms with E-state index in [4.69, 9.17) is 0 Å². The van der Waals surface area contributed by atoms with Crippen molar-refractivity contribution >= 4 is 34.3 Å². The lowest BCUT2D eigenvalue weighted by Crippen LogP contribution is -2.50. The Hall–Kier alpha value is -3.61. The molecule has 1 aliphatic heterocycles. The van der Waals surface area contributed by atoms with Crippen LogP contribution in [0.15, 0.2) is 60.8 Å². The fourth-order valence-corrected chi connectivity index (χ4v) is 3.36. The minimum atomic E-state index is -1.07. The number of anilines is 2. The van der Waals surface area contributed by atoms with Crippen LogP contribution in [0.1, 0.15) is 10.4 Å². The second-order valence-corrected chi connectivity index (χ2v) is 6.64. The summed E-state index contributed by atoms with van der Waals surface area (Å²) in [5.41, 5.74) is 0.383. The molecule has 0 bridgehead atoms. The average Bonchev–Trinajstić information content (AvgIpc) is 2.73. The highest BCUT2D eigenvalue weighted by Gasteiger charge is 2.23. The van der Waals surface area contributed by atoms with E-state index in [-0.39, 0.29) is 11.6 Å². The van der Waals surface area contributed by atoms with Crippen molar-refractivity contribution in [2.75, 3.05) is 36.4 Å². The number of carbonyl (C=O) groups is 2. The number of carboxylic acids is 1. The zero-order chi connectivity index (χ0) is 19.5. The van der Waals surface area contributed by atoms with Gasteiger partial charge >= 0.3 is 12.0 Å². The Morgan fingerprint density at radius 2 is 1.61 bits per heavy atom. The molecule has 3 aromatic rings. The topological polar surface area (TPSA) is 85.8 Å². The van der Waals surface area contributed by atoms with Gasteiger partial charge in [0, 0.05) is 37.8 Å². The van der Waals surface area contributed by atoms with E-state index in [1.807, 2.05) is 24.4 Å². The summed E-state index contributed by atoms with van der Waals surface area (Å²) in [7, 11) is 0. The number of nitrogens with zero attached hydrogens (tertiary/aromatic N) is 3. The molecule has 0 unspecified atom stereocenters. The normalized spacial score (nSPS) is 14.1. The minimum absolute atomic E-state index is 0.0786. The highest BCUT2D eigenvalue weighted by atomic mass is 16.4. The standard InChI is InChI=1S/C21H20N4O3/c26-20(27)17-7-3-4-8-18(17)23-21(28)25-11-9-24(10-12-25)19-13-15-5-1-2-6-16(15)14-22-19/h1-8,13-14H,9-12H2,(H,23,28)(H,26,27). The van der Waals surface area contributed by atoms with E-state index in [0.717, 1.165) is 16.6 Å². The molecule has 1 aliphatic rings. The first-order valence-corrected chi connectivity index (χ1v) is 9.10. The Balaban J connectivity index is 1.41. The van der Waals surface area contributed by atoms with Crippen molar-refractivity contribution in [3.8, 4) is 0 Å². The Morgan fingerprint density at radius 1 is 0.929 bits per heavy atom. The number of benzene rings is 2. The fourth-order valence-electron chi connectivity index (χ4n) is 3.36. The SMILES string of the molecule is O=C(O)c1ccccc1NC(=O)N1CCN(c2cc3ccccc3cn2)CC1. The van der Waals surface area contributed by atoms with E-state index in [1.54, 1.807) is 23.1 Å². The van der Waals surface area contributed by atoms with Gasteiger partial charge in [-0.15, -0.1) is 0 Å². The zero-order valence-electron chi connectivity index (χ0n) is 15.2. The number of carboxylic acid groups (broad SMARTS) is 1. The van der Waals surface area contributed by atoms with Crippen molar-refractivity contribution in [1.82, 2.24) is 9.88 Å². The molecule has 7 nitrogen and oxygen atoms in total. The first-order chi connectivity index (χ1) is 13.6. The Labute approximate surface area is 162 Å². The number of carbonyl (C=O) groups excluding carboxylic acids is 1. The smallest absolute Gasteiger partial charge is 0.337 e. The van der Waals surface area contributed by atoms with Crippen LogP contribution in [0, 0.1) is 0 Å². The van der Waals surface area contributed by atoms with Crippen LogP contribution in [0.4, 0.5) is 16.3 Å². The van der Waals surface area contributed by atoms with E-state index < -0.39 is 5.97 Å². The van der Waals surface area contributed by atoms with Crippen molar-refractivity contribution in [1.29, 1.82) is 0 Å². The van der Waals surface area contributed by atoms with Gasteiger partial charge in [-0.05, 0) is 23.6 Å². The van der Waals surface area contributed by atoms with E-state index in [0.29, 0.717) is 31.9 Å². The van der Waals surface area contributed by atoms with Crippen LogP contribution in [-0.2, 0) is 0 Å². The van der Waals surface area contributed by atoms with Crippen molar-refractivity contribution in [2.24, 2.45) is 0 Å². The van der Waals surface area contributed by atoms with E-state index in [1.165, 1.54) is 6.07 Å². The molecule has 0 atom stereocenters. The molecule has 2 aromatic carbocycles. The van der Waals surface area contributed by atoms with Gasteiger partial charge in [0.05, 0.1) is 11.3 Å². The van der Waals surface area contributed by atoms with Gasteiger partial charge in [0.15, 0.2) is 0 Å². The molecule has 2 heterocycles. The molecule has 7 heteroatoms. The Kier molecular flexibility index (Phi) is 4.80. The van der Waals surface area contributed by atoms with Crippen molar-refractivity contribution < 1.29 is 14.7 Å². The maximum Gasteiger partial charge on any atom is 0.337 e. The fraction of sp³-hybridized carbons (Fsp3) is 0.190. The summed E-state index contributed by atoms with van der Waals surface area (Å²) in [6, 6.07) is 16.3. The lowest BCUT2D eigenvalue weighted by Gasteiger charge is -2.35. The molecule has 0 radical (unpaired) electrons. The van der Waals surface area contributed by atoms with Crippen LogP contribution >= 0.6 is 0 Å². The second kappa shape index (κ2) is 7.56. The number of hydrogen-bond donors (Lipinski definition) is 2. The van der Waals surface area contributed by atoms with Gasteiger partial charge in [-0.1, -0.05) is 36.4 Å². The van der Waals surface area contributed by atoms with E-state index >= 15 is 0 Å². The lowest BCUT2D eigenvalue weighted by molar-refractivity contribution is 0.0698. The van der Waals surface area contributed by atoms with Gasteiger partial charge < -0.3 is 20.2 Å². The number of hydrogen-bond acceptors (Lipinski definition) is 4. The van der Waals surface area contributed by atoms with Gasteiger partial charge in [0.1, 0.15) is 5.82 Å². The predicted octanol–water partition coefficient (Wildman–Crippen LogP) is 3.29. The first-order valence-electron chi connectivity index (χ1n) is 9.10. The summed E-state index contributed by atoms with van der Waals surface area (Å²) in [4.78, 5) is 32.2. The molecule has 2 amide bonds. The largest absolute Gasteiger partial charge is 0.478 e. The third-order valence-electron chi connectivity index (χ3n) is 4.91. The van der Waals surface area contributed by atoms with Crippen LogP contribution in [-0.4, -0.2) is 53.2 Å².